The second kappa shape index (κ2) is 6.25. The minimum Gasteiger partial charge on any atom is -0.490 e. The van der Waals surface area contributed by atoms with E-state index in [2.05, 4.69) is 20.3 Å². The Hall–Kier alpha value is -2.80. The number of alkyl halides is 1. The predicted molar refractivity (Wildman–Crippen MR) is 91.5 cm³/mol. The molecular formula is C18H17FN4O2. The van der Waals surface area contributed by atoms with Crippen LogP contribution >= 0.6 is 0 Å². The van der Waals surface area contributed by atoms with E-state index in [1.807, 2.05) is 24.3 Å². The molecule has 25 heavy (non-hydrogen) atoms. The third-order valence-corrected chi connectivity index (χ3v) is 4.14. The summed E-state index contributed by atoms with van der Waals surface area (Å²) in [6.45, 7) is -0.0982. The van der Waals surface area contributed by atoms with E-state index in [4.69, 9.17) is 9.84 Å². The average molecular weight is 340 g/mol. The highest BCUT2D eigenvalue weighted by Gasteiger charge is 2.44. The van der Waals surface area contributed by atoms with Crippen molar-refractivity contribution in [1.29, 1.82) is 0 Å². The van der Waals surface area contributed by atoms with Crippen LogP contribution in [-0.4, -0.2) is 32.3 Å². The number of anilines is 2. The number of aliphatic hydroxyl groups is 1. The Bertz CT molecular complexity index is 897. The highest BCUT2D eigenvalue weighted by Crippen LogP contribution is 2.40. The maximum Gasteiger partial charge on any atom is 0.153 e. The van der Waals surface area contributed by atoms with Gasteiger partial charge in [-0.3, -0.25) is 0 Å². The fourth-order valence-electron chi connectivity index (χ4n) is 2.48. The predicted octanol–water partition coefficient (Wildman–Crippen LogP) is 3.14. The fraction of sp³-hybridized carbons (Fsp3) is 0.278. The van der Waals surface area contributed by atoms with Gasteiger partial charge in [0.2, 0.25) is 0 Å². The molecule has 4 rings (SSSR count). The van der Waals surface area contributed by atoms with E-state index in [1.165, 1.54) is 0 Å². The van der Waals surface area contributed by atoms with Gasteiger partial charge >= 0.3 is 0 Å². The highest BCUT2D eigenvalue weighted by molar-refractivity contribution is 5.93. The minimum atomic E-state index is -1.14. The fourth-order valence-corrected chi connectivity index (χ4v) is 2.48. The van der Waals surface area contributed by atoms with E-state index < -0.39 is 5.67 Å². The van der Waals surface area contributed by atoms with Crippen LogP contribution in [0.2, 0.25) is 0 Å². The van der Waals surface area contributed by atoms with Crippen molar-refractivity contribution in [3.63, 3.8) is 0 Å². The summed E-state index contributed by atoms with van der Waals surface area (Å²) >= 11 is 0. The zero-order chi connectivity index (χ0) is 17.3. The molecule has 0 atom stereocenters. The molecule has 128 valence electrons. The molecular weight excluding hydrogens is 323 g/mol. The van der Waals surface area contributed by atoms with Gasteiger partial charge in [0.15, 0.2) is 5.82 Å². The number of aromatic nitrogens is 3. The van der Waals surface area contributed by atoms with Crippen LogP contribution in [0.1, 0.15) is 18.7 Å². The van der Waals surface area contributed by atoms with E-state index in [0.717, 1.165) is 10.8 Å². The third kappa shape index (κ3) is 3.51. The van der Waals surface area contributed by atoms with Crippen LogP contribution in [0.4, 0.5) is 15.9 Å². The Morgan fingerprint density at radius 2 is 1.96 bits per heavy atom. The summed E-state index contributed by atoms with van der Waals surface area (Å²) in [5.74, 6) is 1.66. The molecule has 0 bridgehead atoms. The molecule has 2 N–H and O–H groups in total. The summed E-state index contributed by atoms with van der Waals surface area (Å²) in [6.07, 6.45) is 6.03. The van der Waals surface area contributed by atoms with E-state index >= 15 is 0 Å². The molecule has 1 saturated carbocycles. The van der Waals surface area contributed by atoms with Crippen LogP contribution < -0.4 is 10.1 Å². The molecule has 0 aliphatic heterocycles. The Balaban J connectivity index is 1.56. The maximum absolute atomic E-state index is 13.7. The van der Waals surface area contributed by atoms with Crippen molar-refractivity contribution < 1.29 is 14.2 Å². The summed E-state index contributed by atoms with van der Waals surface area (Å²) in [6, 6.07) is 7.45. The van der Waals surface area contributed by atoms with Gasteiger partial charge in [0, 0.05) is 11.6 Å². The number of rotatable bonds is 6. The lowest BCUT2D eigenvalue weighted by Gasteiger charge is -2.11. The molecule has 0 saturated heterocycles. The SMILES string of the molecule is OCc1ncc(Nc2nccc3cc(OCC4(F)CC4)ccc23)cn1. The van der Waals surface area contributed by atoms with Gasteiger partial charge in [-0.1, -0.05) is 0 Å². The normalized spacial score (nSPS) is 15.1. The zero-order valence-electron chi connectivity index (χ0n) is 13.4. The molecule has 2 heterocycles. The van der Waals surface area contributed by atoms with Crippen LogP contribution in [0.5, 0.6) is 5.75 Å². The number of fused-ring (bicyclic) bond motifs is 1. The quantitative estimate of drug-likeness (QED) is 0.717. The van der Waals surface area contributed by atoms with Crippen molar-refractivity contribution in [2.24, 2.45) is 0 Å². The number of hydrogen-bond acceptors (Lipinski definition) is 6. The lowest BCUT2D eigenvalue weighted by Crippen LogP contribution is -2.13. The number of ether oxygens (including phenoxy) is 1. The monoisotopic (exact) mass is 340 g/mol. The number of benzene rings is 1. The van der Waals surface area contributed by atoms with E-state index in [9.17, 15) is 4.39 Å². The first kappa shape index (κ1) is 15.7. The lowest BCUT2D eigenvalue weighted by atomic mass is 10.1. The van der Waals surface area contributed by atoms with Gasteiger partial charge in [0.1, 0.15) is 30.4 Å². The maximum atomic E-state index is 13.7. The molecule has 0 amide bonds. The molecule has 7 heteroatoms. The number of pyridine rings is 1. The topological polar surface area (TPSA) is 80.2 Å². The van der Waals surface area contributed by atoms with Crippen LogP contribution in [0.15, 0.2) is 42.9 Å². The van der Waals surface area contributed by atoms with Gasteiger partial charge < -0.3 is 15.2 Å². The summed E-state index contributed by atoms with van der Waals surface area (Å²) in [5.41, 5.74) is -0.466. The first-order valence-electron chi connectivity index (χ1n) is 8.05. The zero-order valence-corrected chi connectivity index (χ0v) is 13.4. The molecule has 2 aromatic heterocycles. The van der Waals surface area contributed by atoms with Crippen LogP contribution in [-0.2, 0) is 6.61 Å². The van der Waals surface area contributed by atoms with Gasteiger partial charge in [0.05, 0.1) is 18.1 Å². The van der Waals surface area contributed by atoms with Crippen LogP contribution in [0, 0.1) is 0 Å². The molecule has 1 aliphatic rings. The van der Waals surface area contributed by atoms with Gasteiger partial charge in [-0.25, -0.2) is 19.3 Å². The van der Waals surface area contributed by atoms with E-state index in [-0.39, 0.29) is 13.2 Å². The summed E-state index contributed by atoms with van der Waals surface area (Å²) < 4.78 is 19.3. The minimum absolute atomic E-state index is 0.100. The van der Waals surface area contributed by atoms with Crippen molar-refractivity contribution in [2.75, 3.05) is 11.9 Å². The first-order valence-corrected chi connectivity index (χ1v) is 8.05. The van der Waals surface area contributed by atoms with Gasteiger partial charge in [-0.2, -0.15) is 0 Å². The highest BCUT2D eigenvalue weighted by atomic mass is 19.1. The number of nitrogens with zero attached hydrogens (tertiary/aromatic N) is 3. The van der Waals surface area contributed by atoms with Crippen molar-refractivity contribution in [3.8, 4) is 5.75 Å². The van der Waals surface area contributed by atoms with Crippen molar-refractivity contribution >= 4 is 22.3 Å². The number of hydrogen-bond donors (Lipinski definition) is 2. The third-order valence-electron chi connectivity index (χ3n) is 4.14. The second-order valence-corrected chi connectivity index (χ2v) is 6.15. The van der Waals surface area contributed by atoms with Crippen LogP contribution in [0.25, 0.3) is 10.8 Å². The Morgan fingerprint density at radius 3 is 2.68 bits per heavy atom. The summed E-state index contributed by atoms with van der Waals surface area (Å²) in [5, 5.41) is 14.0. The number of halogens is 1. The van der Waals surface area contributed by atoms with Crippen LogP contribution in [0.3, 0.4) is 0 Å². The number of nitrogens with one attached hydrogen (secondary N) is 1. The molecule has 0 radical (unpaired) electrons. The van der Waals surface area contributed by atoms with Gasteiger partial charge in [-0.15, -0.1) is 0 Å². The molecule has 3 aromatic rings. The summed E-state index contributed by atoms with van der Waals surface area (Å²) in [7, 11) is 0. The first-order chi connectivity index (χ1) is 12.1. The molecule has 1 aromatic carbocycles. The smallest absolute Gasteiger partial charge is 0.153 e. The average Bonchev–Trinajstić information content (AvgIpc) is 3.38. The molecule has 6 nitrogen and oxygen atoms in total. The molecule has 0 unspecified atom stereocenters. The molecule has 1 aliphatic carbocycles. The Labute approximate surface area is 143 Å². The number of aliphatic hydroxyl groups excluding tert-OH is 1. The van der Waals surface area contributed by atoms with Crippen molar-refractivity contribution in [3.05, 3.63) is 48.7 Å². The van der Waals surface area contributed by atoms with Gasteiger partial charge in [-0.05, 0) is 42.5 Å². The largest absolute Gasteiger partial charge is 0.490 e. The van der Waals surface area contributed by atoms with Gasteiger partial charge in [0.25, 0.3) is 0 Å². The lowest BCUT2D eigenvalue weighted by molar-refractivity contribution is 0.178. The standard InChI is InChI=1S/C18H17FN4O2/c19-18(4-5-18)11-25-14-1-2-15-12(7-14)3-6-20-17(15)23-13-8-21-16(10-24)22-9-13/h1-3,6-9,24H,4-5,10-11H2,(H,20,23). The Morgan fingerprint density at radius 1 is 1.16 bits per heavy atom. The molecule has 1 fully saturated rings. The molecule has 0 spiro atoms. The van der Waals surface area contributed by atoms with E-state index in [0.29, 0.717) is 35.9 Å². The summed E-state index contributed by atoms with van der Waals surface area (Å²) in [4.78, 5) is 12.4. The Kier molecular flexibility index (Phi) is 3.93. The van der Waals surface area contributed by atoms with E-state index in [1.54, 1.807) is 18.6 Å². The van der Waals surface area contributed by atoms with Crippen molar-refractivity contribution in [1.82, 2.24) is 15.0 Å². The second-order valence-electron chi connectivity index (χ2n) is 6.15. The van der Waals surface area contributed by atoms with Crippen molar-refractivity contribution in [2.45, 2.75) is 25.1 Å².